The van der Waals surface area contributed by atoms with Gasteiger partial charge in [0.25, 0.3) is 5.91 Å². The van der Waals surface area contributed by atoms with Crippen molar-refractivity contribution < 1.29 is 28.3 Å². The molecule has 0 fully saturated rings. The number of carbonyl (C=O) groups is 3. The van der Waals surface area contributed by atoms with Crippen molar-refractivity contribution in [3.05, 3.63) is 65.8 Å². The van der Waals surface area contributed by atoms with Crippen LogP contribution in [-0.2, 0) is 25.6 Å². The largest absolute Gasteiger partial charge is 0.467 e. The highest BCUT2D eigenvalue weighted by molar-refractivity contribution is 5.99. The monoisotopic (exact) mass is 358 g/mol. The number of ether oxygens (including phenoxy) is 2. The van der Waals surface area contributed by atoms with E-state index >= 15 is 0 Å². The molecule has 0 aliphatic rings. The lowest BCUT2D eigenvalue weighted by Crippen LogP contribution is -2.22. The first-order valence-corrected chi connectivity index (χ1v) is 7.59. The van der Waals surface area contributed by atoms with Crippen LogP contribution in [0.1, 0.15) is 16.1 Å². The van der Waals surface area contributed by atoms with Crippen LogP contribution in [0, 0.1) is 0 Å². The Bertz CT molecular complexity index is 794. The summed E-state index contributed by atoms with van der Waals surface area (Å²) >= 11 is 0. The van der Waals surface area contributed by atoms with Crippen LogP contribution < -0.4 is 10.6 Å². The summed E-state index contributed by atoms with van der Waals surface area (Å²) < 4.78 is 14.3. The molecule has 1 heterocycles. The van der Waals surface area contributed by atoms with E-state index in [0.717, 1.165) is 6.08 Å². The van der Waals surface area contributed by atoms with Gasteiger partial charge in [-0.3, -0.25) is 4.79 Å². The molecule has 0 saturated carbocycles. The lowest BCUT2D eigenvalue weighted by atomic mass is 10.2. The molecule has 2 N–H and O–H groups in total. The van der Waals surface area contributed by atoms with Crippen molar-refractivity contribution in [2.45, 2.75) is 6.54 Å². The summed E-state index contributed by atoms with van der Waals surface area (Å²) in [6.07, 6.45) is 2.51. The van der Waals surface area contributed by atoms with E-state index in [-0.39, 0.29) is 18.1 Å². The van der Waals surface area contributed by atoms with Crippen molar-refractivity contribution in [3.8, 4) is 0 Å². The van der Waals surface area contributed by atoms with Gasteiger partial charge in [0.1, 0.15) is 11.5 Å². The van der Waals surface area contributed by atoms with E-state index in [4.69, 9.17) is 4.42 Å². The first-order valence-electron chi connectivity index (χ1n) is 7.59. The number of hydrogen-bond donors (Lipinski definition) is 2. The van der Waals surface area contributed by atoms with E-state index in [1.165, 1.54) is 20.5 Å². The van der Waals surface area contributed by atoms with E-state index in [1.54, 1.807) is 36.4 Å². The second-order valence-corrected chi connectivity index (χ2v) is 5.04. The molecule has 1 amide bonds. The number of anilines is 1. The summed E-state index contributed by atoms with van der Waals surface area (Å²) in [5.74, 6) is -1.05. The fraction of sp³-hybridized carbons (Fsp3) is 0.167. The van der Waals surface area contributed by atoms with Crippen molar-refractivity contribution >= 4 is 23.5 Å². The maximum Gasteiger partial charge on any atom is 0.354 e. The maximum atomic E-state index is 12.1. The van der Waals surface area contributed by atoms with Gasteiger partial charge in [-0.1, -0.05) is 0 Å². The predicted octanol–water partition coefficient (Wildman–Crippen LogP) is 1.85. The third kappa shape index (κ3) is 5.23. The number of benzene rings is 1. The molecule has 136 valence electrons. The minimum absolute atomic E-state index is 0.0885. The van der Waals surface area contributed by atoms with Crippen molar-refractivity contribution in [1.82, 2.24) is 5.32 Å². The average molecular weight is 358 g/mol. The summed E-state index contributed by atoms with van der Waals surface area (Å²) in [5, 5.41) is 5.48. The topological polar surface area (TPSA) is 107 Å². The molecule has 2 aromatic rings. The Kier molecular flexibility index (Phi) is 6.55. The summed E-state index contributed by atoms with van der Waals surface area (Å²) in [6.45, 7) is 0.278. The fourth-order valence-corrected chi connectivity index (χ4v) is 1.98. The van der Waals surface area contributed by atoms with E-state index in [2.05, 4.69) is 20.1 Å². The van der Waals surface area contributed by atoms with Gasteiger partial charge in [0.2, 0.25) is 0 Å². The number of esters is 2. The molecule has 8 nitrogen and oxygen atoms in total. The SMILES string of the molecule is COC(=O)/C=C(/Nc1ccc(C(=O)NCc2ccco2)cc1)C(=O)OC. The Morgan fingerprint density at radius 3 is 2.38 bits per heavy atom. The highest BCUT2D eigenvalue weighted by Crippen LogP contribution is 2.13. The van der Waals surface area contributed by atoms with Crippen molar-refractivity contribution in [2.24, 2.45) is 0 Å². The zero-order valence-electron chi connectivity index (χ0n) is 14.3. The van der Waals surface area contributed by atoms with Gasteiger partial charge < -0.3 is 24.5 Å². The predicted molar refractivity (Wildman–Crippen MR) is 92.1 cm³/mol. The highest BCUT2D eigenvalue weighted by Gasteiger charge is 2.13. The zero-order chi connectivity index (χ0) is 18.9. The molecule has 1 aromatic carbocycles. The quantitative estimate of drug-likeness (QED) is 0.574. The normalized spacial score (nSPS) is 10.8. The molecule has 0 spiro atoms. The van der Waals surface area contributed by atoms with Gasteiger partial charge in [-0.05, 0) is 36.4 Å². The Hall–Kier alpha value is -3.55. The number of rotatable bonds is 7. The van der Waals surface area contributed by atoms with Crippen LogP contribution in [0.3, 0.4) is 0 Å². The van der Waals surface area contributed by atoms with Crippen molar-refractivity contribution in [3.63, 3.8) is 0 Å². The number of hydrogen-bond acceptors (Lipinski definition) is 7. The van der Waals surface area contributed by atoms with E-state index in [1.807, 2.05) is 0 Å². The Labute approximate surface area is 149 Å². The molecule has 26 heavy (non-hydrogen) atoms. The molecule has 0 unspecified atom stereocenters. The van der Waals surface area contributed by atoms with Crippen molar-refractivity contribution in [1.29, 1.82) is 0 Å². The molecule has 0 aliphatic heterocycles. The van der Waals surface area contributed by atoms with Gasteiger partial charge in [-0.25, -0.2) is 9.59 Å². The third-order valence-corrected chi connectivity index (χ3v) is 3.30. The molecule has 0 aliphatic carbocycles. The molecular formula is C18H18N2O6. The molecule has 1 aromatic heterocycles. The van der Waals surface area contributed by atoms with Crippen LogP contribution in [0.2, 0.25) is 0 Å². The smallest absolute Gasteiger partial charge is 0.354 e. The second-order valence-electron chi connectivity index (χ2n) is 5.04. The maximum absolute atomic E-state index is 12.1. The number of furan rings is 1. The van der Waals surface area contributed by atoms with E-state index < -0.39 is 11.9 Å². The lowest BCUT2D eigenvalue weighted by Gasteiger charge is -2.10. The molecule has 0 atom stereocenters. The van der Waals surface area contributed by atoms with Crippen LogP contribution in [0.5, 0.6) is 0 Å². The first kappa shape index (κ1) is 18.8. The third-order valence-electron chi connectivity index (χ3n) is 3.30. The lowest BCUT2D eigenvalue weighted by molar-refractivity contribution is -0.138. The Morgan fingerprint density at radius 2 is 1.81 bits per heavy atom. The van der Waals surface area contributed by atoms with Crippen LogP contribution >= 0.6 is 0 Å². The van der Waals surface area contributed by atoms with Crippen LogP contribution in [0.15, 0.2) is 58.9 Å². The van der Waals surface area contributed by atoms with Crippen molar-refractivity contribution in [2.75, 3.05) is 19.5 Å². The summed E-state index contributed by atoms with van der Waals surface area (Å²) in [4.78, 5) is 35.1. The van der Waals surface area contributed by atoms with E-state index in [0.29, 0.717) is 17.0 Å². The van der Waals surface area contributed by atoms with Gasteiger partial charge in [0, 0.05) is 11.3 Å². The molecule has 0 radical (unpaired) electrons. The molecule has 0 saturated heterocycles. The summed E-state index contributed by atoms with van der Waals surface area (Å²) in [5.41, 5.74) is 0.834. The number of carbonyl (C=O) groups excluding carboxylic acids is 3. The molecule has 8 heteroatoms. The van der Waals surface area contributed by atoms with Gasteiger partial charge in [0.05, 0.1) is 33.1 Å². The minimum atomic E-state index is -0.726. The summed E-state index contributed by atoms with van der Waals surface area (Å²) in [6, 6.07) is 9.84. The number of nitrogens with one attached hydrogen (secondary N) is 2. The zero-order valence-corrected chi connectivity index (χ0v) is 14.3. The van der Waals surface area contributed by atoms with Gasteiger partial charge in [-0.15, -0.1) is 0 Å². The van der Waals surface area contributed by atoms with Gasteiger partial charge in [-0.2, -0.15) is 0 Å². The minimum Gasteiger partial charge on any atom is -0.467 e. The van der Waals surface area contributed by atoms with E-state index in [9.17, 15) is 14.4 Å². The van der Waals surface area contributed by atoms with Crippen LogP contribution in [0.25, 0.3) is 0 Å². The number of amides is 1. The van der Waals surface area contributed by atoms with Gasteiger partial charge >= 0.3 is 11.9 Å². The first-order chi connectivity index (χ1) is 12.5. The Morgan fingerprint density at radius 1 is 1.08 bits per heavy atom. The average Bonchev–Trinajstić information content (AvgIpc) is 3.19. The highest BCUT2D eigenvalue weighted by atomic mass is 16.5. The molecule has 2 rings (SSSR count). The molecule has 0 bridgehead atoms. The molecular weight excluding hydrogens is 340 g/mol. The fourth-order valence-electron chi connectivity index (χ4n) is 1.98. The Balaban J connectivity index is 2.02. The van der Waals surface area contributed by atoms with Gasteiger partial charge in [0.15, 0.2) is 0 Å². The van der Waals surface area contributed by atoms with Crippen LogP contribution in [0.4, 0.5) is 5.69 Å². The van der Waals surface area contributed by atoms with Crippen LogP contribution in [-0.4, -0.2) is 32.1 Å². The summed E-state index contributed by atoms with van der Waals surface area (Å²) in [7, 11) is 2.39. The second kappa shape index (κ2) is 9.07. The standard InChI is InChI=1S/C18H18N2O6/c1-24-16(21)10-15(18(23)25-2)20-13-7-5-12(6-8-13)17(22)19-11-14-4-3-9-26-14/h3-10,20H,11H2,1-2H3,(H,19,22)/b15-10+. The number of methoxy groups -OCH3 is 2.